The van der Waals surface area contributed by atoms with Crippen LogP contribution >= 0.6 is 0 Å². The predicted octanol–water partition coefficient (Wildman–Crippen LogP) is 3.59. The molecule has 0 aliphatic heterocycles. The van der Waals surface area contributed by atoms with Crippen molar-refractivity contribution in [3.05, 3.63) is 11.5 Å². The fraction of sp³-hybridized carbons (Fsp3) is 0.846. The molecule has 1 nitrogen and oxygen atoms in total. The van der Waals surface area contributed by atoms with Crippen molar-refractivity contribution < 1.29 is 4.55 Å². The first-order valence-electron chi connectivity index (χ1n) is 5.93. The first kappa shape index (κ1) is 13.1. The van der Waals surface area contributed by atoms with E-state index < -0.39 is 11.2 Å². The third kappa shape index (κ3) is 3.53. The molecule has 1 fully saturated rings. The standard InChI is InChI=1S/C13H24OS/c1-9(2)13-8-12(6-10(13)3)7-11(4)15(5)14/h9-10,12-13H,4,6-8H2,1-3,5H3. The maximum absolute atomic E-state index is 11.2. The highest BCUT2D eigenvalue weighted by atomic mass is 32.2. The van der Waals surface area contributed by atoms with Crippen LogP contribution in [0, 0.1) is 23.7 Å². The van der Waals surface area contributed by atoms with Gasteiger partial charge in [-0.3, -0.25) is 0 Å². The van der Waals surface area contributed by atoms with E-state index in [0.29, 0.717) is 0 Å². The zero-order valence-corrected chi connectivity index (χ0v) is 11.3. The van der Waals surface area contributed by atoms with Crippen LogP contribution in [0.5, 0.6) is 0 Å². The minimum atomic E-state index is -0.834. The van der Waals surface area contributed by atoms with E-state index in [1.54, 1.807) is 6.26 Å². The summed E-state index contributed by atoms with van der Waals surface area (Å²) < 4.78 is 11.2. The van der Waals surface area contributed by atoms with Crippen LogP contribution in [0.15, 0.2) is 11.5 Å². The van der Waals surface area contributed by atoms with Crippen molar-refractivity contribution >= 4 is 11.2 Å². The molecule has 15 heavy (non-hydrogen) atoms. The monoisotopic (exact) mass is 228 g/mol. The lowest BCUT2D eigenvalue weighted by molar-refractivity contribution is 0.312. The van der Waals surface area contributed by atoms with Crippen molar-refractivity contribution in [3.8, 4) is 0 Å². The molecule has 88 valence electrons. The Balaban J connectivity index is 2.45. The van der Waals surface area contributed by atoms with Crippen molar-refractivity contribution in [1.82, 2.24) is 0 Å². The molecule has 2 heteroatoms. The van der Waals surface area contributed by atoms with Crippen LogP contribution in [-0.2, 0) is 11.2 Å². The summed E-state index contributed by atoms with van der Waals surface area (Å²) in [4.78, 5) is 0.927. The molecular weight excluding hydrogens is 204 g/mol. The molecule has 1 rings (SSSR count). The molecular formula is C13H24OS. The molecule has 0 aromatic carbocycles. The predicted molar refractivity (Wildman–Crippen MR) is 68.0 cm³/mol. The third-order valence-corrected chi connectivity index (χ3v) is 4.80. The molecule has 0 N–H and O–H groups in total. The van der Waals surface area contributed by atoms with Gasteiger partial charge in [-0.25, -0.2) is 0 Å². The summed E-state index contributed by atoms with van der Waals surface area (Å²) in [5, 5.41) is 0. The molecule has 0 aromatic heterocycles. The largest absolute Gasteiger partial charge is 0.612 e. The second-order valence-electron chi connectivity index (χ2n) is 5.42. The highest BCUT2D eigenvalue weighted by Gasteiger charge is 2.33. The van der Waals surface area contributed by atoms with Crippen molar-refractivity contribution in [2.24, 2.45) is 23.7 Å². The van der Waals surface area contributed by atoms with Gasteiger partial charge >= 0.3 is 0 Å². The first-order valence-corrected chi connectivity index (χ1v) is 7.48. The van der Waals surface area contributed by atoms with Crippen LogP contribution in [0.3, 0.4) is 0 Å². The van der Waals surface area contributed by atoms with Crippen molar-refractivity contribution in [2.45, 2.75) is 40.0 Å². The van der Waals surface area contributed by atoms with E-state index in [0.717, 1.165) is 35.0 Å². The normalized spacial score (nSPS) is 33.3. The van der Waals surface area contributed by atoms with Crippen molar-refractivity contribution in [1.29, 1.82) is 0 Å². The minimum Gasteiger partial charge on any atom is -0.612 e. The van der Waals surface area contributed by atoms with Crippen LogP contribution < -0.4 is 0 Å². The van der Waals surface area contributed by atoms with E-state index in [1.807, 2.05) is 0 Å². The van der Waals surface area contributed by atoms with Gasteiger partial charge in [0.1, 0.15) is 11.2 Å². The Kier molecular flexibility index (Phi) is 4.72. The van der Waals surface area contributed by atoms with Gasteiger partial charge < -0.3 is 4.55 Å². The molecule has 1 saturated carbocycles. The second-order valence-corrected chi connectivity index (χ2v) is 6.91. The van der Waals surface area contributed by atoms with Crippen LogP contribution in [0.1, 0.15) is 40.0 Å². The maximum atomic E-state index is 11.2. The van der Waals surface area contributed by atoms with E-state index in [1.165, 1.54) is 12.8 Å². The number of hydrogen-bond acceptors (Lipinski definition) is 1. The lowest BCUT2D eigenvalue weighted by Gasteiger charge is -2.19. The molecule has 4 atom stereocenters. The first-order chi connectivity index (χ1) is 6.91. The quantitative estimate of drug-likeness (QED) is 0.674. The Labute approximate surface area is 97.5 Å². The molecule has 0 heterocycles. The topological polar surface area (TPSA) is 23.1 Å². The smallest absolute Gasteiger partial charge is 0.122 e. The Morgan fingerprint density at radius 2 is 2.07 bits per heavy atom. The number of hydrogen-bond donors (Lipinski definition) is 0. The van der Waals surface area contributed by atoms with Crippen LogP contribution in [0.2, 0.25) is 0 Å². The van der Waals surface area contributed by atoms with Gasteiger partial charge in [-0.15, -0.1) is 0 Å². The molecule has 0 spiro atoms. The summed E-state index contributed by atoms with van der Waals surface area (Å²) in [7, 11) is 0. The molecule has 0 radical (unpaired) electrons. The lowest BCUT2D eigenvalue weighted by atomic mass is 9.87. The van der Waals surface area contributed by atoms with Crippen LogP contribution in [0.25, 0.3) is 0 Å². The van der Waals surface area contributed by atoms with Gasteiger partial charge in [0.2, 0.25) is 0 Å². The second kappa shape index (κ2) is 5.40. The van der Waals surface area contributed by atoms with E-state index >= 15 is 0 Å². The van der Waals surface area contributed by atoms with E-state index in [-0.39, 0.29) is 0 Å². The molecule has 0 amide bonds. The Bertz CT molecular complexity index is 223. The van der Waals surface area contributed by atoms with Crippen LogP contribution in [0.4, 0.5) is 0 Å². The summed E-state index contributed by atoms with van der Waals surface area (Å²) in [6, 6.07) is 0. The van der Waals surface area contributed by atoms with Gasteiger partial charge in [0.25, 0.3) is 0 Å². The van der Waals surface area contributed by atoms with Gasteiger partial charge in [-0.2, -0.15) is 0 Å². The Hall–Kier alpha value is 0.0500. The summed E-state index contributed by atoms with van der Waals surface area (Å²) >= 11 is -0.834. The van der Waals surface area contributed by atoms with Gasteiger partial charge in [-0.05, 0) is 54.3 Å². The third-order valence-electron chi connectivity index (χ3n) is 3.82. The van der Waals surface area contributed by atoms with Crippen molar-refractivity contribution in [2.75, 3.05) is 6.26 Å². The average Bonchev–Trinajstić information content (AvgIpc) is 2.46. The fourth-order valence-electron chi connectivity index (χ4n) is 2.95. The SMILES string of the molecule is C=C(CC1CC(C)C(C(C)C)C1)[S+](C)[O-]. The zero-order valence-electron chi connectivity index (χ0n) is 10.5. The van der Waals surface area contributed by atoms with Gasteiger partial charge in [-0.1, -0.05) is 20.8 Å². The van der Waals surface area contributed by atoms with E-state index in [4.69, 9.17) is 0 Å². The van der Waals surface area contributed by atoms with E-state index in [9.17, 15) is 4.55 Å². The Morgan fingerprint density at radius 1 is 1.47 bits per heavy atom. The van der Waals surface area contributed by atoms with Gasteiger partial charge in [0.05, 0.1) is 0 Å². The summed E-state index contributed by atoms with van der Waals surface area (Å²) in [6.45, 7) is 10.9. The zero-order chi connectivity index (χ0) is 11.6. The summed E-state index contributed by atoms with van der Waals surface area (Å²) in [6.07, 6.45) is 5.30. The lowest BCUT2D eigenvalue weighted by Crippen LogP contribution is -2.11. The number of allylic oxidation sites excluding steroid dienone is 1. The molecule has 4 unspecified atom stereocenters. The Morgan fingerprint density at radius 3 is 2.47 bits per heavy atom. The molecule has 1 aliphatic rings. The maximum Gasteiger partial charge on any atom is 0.122 e. The van der Waals surface area contributed by atoms with Crippen LogP contribution in [-0.4, -0.2) is 10.8 Å². The molecule has 0 bridgehead atoms. The average molecular weight is 228 g/mol. The number of rotatable bonds is 4. The minimum absolute atomic E-state index is 0.726. The fourth-order valence-corrected chi connectivity index (χ4v) is 3.42. The molecule has 0 saturated heterocycles. The molecule has 1 aliphatic carbocycles. The summed E-state index contributed by atoms with van der Waals surface area (Å²) in [5.74, 6) is 3.19. The highest BCUT2D eigenvalue weighted by molar-refractivity contribution is 7.94. The molecule has 0 aromatic rings. The van der Waals surface area contributed by atoms with E-state index in [2.05, 4.69) is 27.4 Å². The van der Waals surface area contributed by atoms with Crippen molar-refractivity contribution in [3.63, 3.8) is 0 Å². The summed E-state index contributed by atoms with van der Waals surface area (Å²) in [5.41, 5.74) is 0. The van der Waals surface area contributed by atoms with Gasteiger partial charge in [0.15, 0.2) is 0 Å². The highest BCUT2D eigenvalue weighted by Crippen LogP contribution is 2.42. The van der Waals surface area contributed by atoms with Gasteiger partial charge in [0, 0.05) is 6.42 Å².